The first-order valence-corrected chi connectivity index (χ1v) is 11.1. The maximum atomic E-state index is 13.2. The first-order valence-electron chi connectivity index (χ1n) is 11.1. The molecule has 3 N–H and O–H groups in total. The normalized spacial score (nSPS) is 18.2. The topological polar surface area (TPSA) is 99.7 Å². The van der Waals surface area contributed by atoms with E-state index in [4.69, 9.17) is 4.74 Å². The van der Waals surface area contributed by atoms with Gasteiger partial charge < -0.3 is 15.2 Å². The SMILES string of the molecule is Cc1[nH]n2c(=O)c(C(=O)NC3CC3)c(O)[n+](CC(C)(C)C)c2c1/C=C/C1CCOCC1. The molecule has 0 radical (unpaired) electrons. The Labute approximate surface area is 181 Å². The van der Waals surface area contributed by atoms with Crippen LogP contribution >= 0.6 is 0 Å². The average Bonchev–Trinajstić information content (AvgIpc) is 3.44. The maximum Gasteiger partial charge on any atom is 0.378 e. The van der Waals surface area contributed by atoms with Gasteiger partial charge in [-0.25, -0.2) is 9.89 Å². The van der Waals surface area contributed by atoms with Crippen LogP contribution in [0.3, 0.4) is 0 Å². The van der Waals surface area contributed by atoms with Crippen LogP contribution in [0.5, 0.6) is 5.88 Å². The summed E-state index contributed by atoms with van der Waals surface area (Å²) in [4.78, 5) is 26.0. The van der Waals surface area contributed by atoms with Crippen LogP contribution in [0.4, 0.5) is 0 Å². The Hall–Kier alpha value is -2.61. The smallest absolute Gasteiger partial charge is 0.378 e. The van der Waals surface area contributed by atoms with Crippen LogP contribution in [0.25, 0.3) is 11.7 Å². The summed E-state index contributed by atoms with van der Waals surface area (Å²) in [5.41, 5.74) is 1.29. The minimum Gasteiger partial charge on any atom is -0.477 e. The van der Waals surface area contributed by atoms with Gasteiger partial charge in [0.15, 0.2) is 0 Å². The molecule has 0 aromatic carbocycles. The summed E-state index contributed by atoms with van der Waals surface area (Å²) in [6.45, 7) is 10.0. The van der Waals surface area contributed by atoms with E-state index in [1.54, 1.807) is 4.57 Å². The highest BCUT2D eigenvalue weighted by atomic mass is 16.5. The van der Waals surface area contributed by atoms with Gasteiger partial charge in [0.1, 0.15) is 0 Å². The Morgan fingerprint density at radius 3 is 2.58 bits per heavy atom. The van der Waals surface area contributed by atoms with E-state index in [2.05, 4.69) is 37.3 Å². The highest BCUT2D eigenvalue weighted by Crippen LogP contribution is 2.24. The Kier molecular flexibility index (Phi) is 5.68. The summed E-state index contributed by atoms with van der Waals surface area (Å²) in [6, 6.07) is 0.0893. The van der Waals surface area contributed by atoms with E-state index >= 15 is 0 Å². The van der Waals surface area contributed by atoms with Gasteiger partial charge in [0.05, 0.1) is 17.8 Å². The molecule has 2 aromatic heterocycles. The van der Waals surface area contributed by atoms with E-state index in [9.17, 15) is 14.7 Å². The third-order valence-electron chi connectivity index (χ3n) is 5.86. The largest absolute Gasteiger partial charge is 0.477 e. The van der Waals surface area contributed by atoms with Crippen LogP contribution in [-0.4, -0.2) is 39.9 Å². The average molecular weight is 430 g/mol. The number of nitrogens with zero attached hydrogens (tertiary/aromatic N) is 2. The Morgan fingerprint density at radius 2 is 1.97 bits per heavy atom. The molecule has 1 saturated heterocycles. The van der Waals surface area contributed by atoms with E-state index in [1.165, 1.54) is 4.52 Å². The second-order valence-corrected chi connectivity index (χ2v) is 10.0. The number of carbonyl (C=O) groups excluding carboxylic acids is 1. The van der Waals surface area contributed by atoms with E-state index in [0.717, 1.165) is 50.2 Å². The zero-order valence-electron chi connectivity index (χ0n) is 18.8. The summed E-state index contributed by atoms with van der Waals surface area (Å²) < 4.78 is 8.53. The highest BCUT2D eigenvalue weighted by Gasteiger charge is 2.36. The number of ether oxygens (including phenoxy) is 1. The summed E-state index contributed by atoms with van der Waals surface area (Å²) >= 11 is 0. The number of aromatic amines is 1. The van der Waals surface area contributed by atoms with Gasteiger partial charge in [0, 0.05) is 19.3 Å². The summed E-state index contributed by atoms with van der Waals surface area (Å²) in [5, 5.41) is 17.1. The second-order valence-electron chi connectivity index (χ2n) is 10.0. The molecule has 0 unspecified atom stereocenters. The molecule has 0 atom stereocenters. The minimum absolute atomic E-state index is 0.0893. The lowest BCUT2D eigenvalue weighted by molar-refractivity contribution is -0.692. The van der Waals surface area contributed by atoms with Gasteiger partial charge >= 0.3 is 17.1 Å². The Morgan fingerprint density at radius 1 is 1.29 bits per heavy atom. The lowest BCUT2D eigenvalue weighted by Gasteiger charge is -2.19. The molecule has 8 heteroatoms. The molecular weight excluding hydrogens is 396 g/mol. The molecule has 1 aliphatic carbocycles. The number of aryl methyl sites for hydroxylation is 1. The van der Waals surface area contributed by atoms with E-state index in [0.29, 0.717) is 18.1 Å². The van der Waals surface area contributed by atoms with E-state index in [-0.39, 0.29) is 22.9 Å². The van der Waals surface area contributed by atoms with Crippen molar-refractivity contribution in [1.29, 1.82) is 0 Å². The zero-order chi connectivity index (χ0) is 22.3. The molecule has 2 aromatic rings. The molecular formula is C23H33N4O4+. The van der Waals surface area contributed by atoms with Gasteiger partial charge in [-0.3, -0.25) is 4.79 Å². The summed E-state index contributed by atoms with van der Waals surface area (Å²) in [5.74, 6) is -0.380. The van der Waals surface area contributed by atoms with Crippen molar-refractivity contribution < 1.29 is 19.2 Å². The monoisotopic (exact) mass is 429 g/mol. The quantitative estimate of drug-likeness (QED) is 0.635. The third kappa shape index (κ3) is 4.54. The van der Waals surface area contributed by atoms with Crippen LogP contribution in [-0.2, 0) is 11.3 Å². The van der Waals surface area contributed by atoms with Crippen molar-refractivity contribution in [1.82, 2.24) is 14.9 Å². The Balaban J connectivity index is 1.87. The molecule has 1 aliphatic heterocycles. The first kappa shape index (κ1) is 21.6. The van der Waals surface area contributed by atoms with Gasteiger partial charge in [0.25, 0.3) is 5.91 Å². The van der Waals surface area contributed by atoms with Crippen molar-refractivity contribution in [3.05, 3.63) is 33.3 Å². The fraction of sp³-hybridized carbons (Fsp3) is 0.609. The predicted octanol–water partition coefficient (Wildman–Crippen LogP) is 2.31. The molecule has 1 saturated carbocycles. The van der Waals surface area contributed by atoms with Crippen LogP contribution < -0.4 is 15.4 Å². The number of allylic oxidation sites excluding steroid dienone is 1. The van der Waals surface area contributed by atoms with E-state index < -0.39 is 11.5 Å². The first-order chi connectivity index (χ1) is 14.7. The molecule has 0 spiro atoms. The number of hydrogen-bond donors (Lipinski definition) is 3. The molecule has 2 aliphatic rings. The number of fused-ring (bicyclic) bond motifs is 1. The van der Waals surface area contributed by atoms with Crippen molar-refractivity contribution in [2.24, 2.45) is 11.3 Å². The van der Waals surface area contributed by atoms with Crippen molar-refractivity contribution >= 4 is 17.6 Å². The summed E-state index contributed by atoms with van der Waals surface area (Å²) in [6.07, 6.45) is 7.93. The van der Waals surface area contributed by atoms with Gasteiger partial charge in [-0.15, -0.1) is 0 Å². The lowest BCUT2D eigenvalue weighted by Crippen LogP contribution is -2.47. The predicted molar refractivity (Wildman–Crippen MR) is 117 cm³/mol. The fourth-order valence-electron chi connectivity index (χ4n) is 4.07. The molecule has 3 heterocycles. The van der Waals surface area contributed by atoms with Gasteiger partial charge in [-0.2, -0.15) is 4.57 Å². The van der Waals surface area contributed by atoms with Gasteiger partial charge in [-0.1, -0.05) is 31.4 Å². The molecule has 168 valence electrons. The molecule has 8 nitrogen and oxygen atoms in total. The number of carbonyl (C=O) groups is 1. The lowest BCUT2D eigenvalue weighted by atomic mass is 9.96. The second kappa shape index (κ2) is 8.15. The number of hydrogen-bond acceptors (Lipinski definition) is 4. The molecule has 2 fully saturated rings. The van der Waals surface area contributed by atoms with Crippen LogP contribution in [0.1, 0.15) is 68.1 Å². The van der Waals surface area contributed by atoms with Crippen molar-refractivity contribution in [3.8, 4) is 5.88 Å². The maximum absolute atomic E-state index is 13.2. The number of H-pyrrole nitrogens is 1. The minimum atomic E-state index is -0.537. The fourth-order valence-corrected chi connectivity index (χ4v) is 4.07. The molecule has 31 heavy (non-hydrogen) atoms. The van der Waals surface area contributed by atoms with Crippen molar-refractivity contribution in [2.75, 3.05) is 13.2 Å². The third-order valence-corrected chi connectivity index (χ3v) is 5.86. The highest BCUT2D eigenvalue weighted by molar-refractivity contribution is 5.96. The van der Waals surface area contributed by atoms with Crippen molar-refractivity contribution in [3.63, 3.8) is 0 Å². The zero-order valence-corrected chi connectivity index (χ0v) is 18.8. The molecule has 0 bridgehead atoms. The number of nitrogens with one attached hydrogen (secondary N) is 2. The van der Waals surface area contributed by atoms with Gasteiger partial charge in [0.2, 0.25) is 5.56 Å². The standard InChI is InChI=1S/C23H32N4O4/c1-14-17(8-5-15-9-11-31-12-10-15)20-26(13-23(2,3)4)21(29)18(22(30)27(20)25-14)19(28)24-16-6-7-16/h5,8,15-16H,6-7,9-13H2,1-4H3,(H2,24,28,29,30)/p+1/b8-5+. The Bertz CT molecular complexity index is 1080. The number of amides is 1. The molecule has 1 amide bonds. The van der Waals surface area contributed by atoms with Gasteiger partial charge in [-0.05, 0) is 50.0 Å². The number of aromatic hydroxyl groups is 1. The van der Waals surface area contributed by atoms with Crippen LogP contribution in [0.15, 0.2) is 10.9 Å². The van der Waals surface area contributed by atoms with Crippen LogP contribution in [0.2, 0.25) is 0 Å². The molecule has 4 rings (SSSR count). The number of aromatic nitrogens is 3. The van der Waals surface area contributed by atoms with E-state index in [1.807, 2.05) is 13.0 Å². The van der Waals surface area contributed by atoms with Crippen molar-refractivity contribution in [2.45, 2.75) is 66.0 Å². The van der Waals surface area contributed by atoms with Crippen LogP contribution in [0, 0.1) is 18.3 Å². The summed E-state index contributed by atoms with van der Waals surface area (Å²) in [7, 11) is 0. The number of rotatable bonds is 5.